The van der Waals surface area contributed by atoms with Gasteiger partial charge in [-0.1, -0.05) is 17.7 Å². The highest BCUT2D eigenvalue weighted by Gasteiger charge is 2.19. The van der Waals surface area contributed by atoms with Gasteiger partial charge in [0.25, 0.3) is 5.56 Å². The molecule has 3 aromatic carbocycles. The maximum atomic E-state index is 13.5. The minimum atomic E-state index is -0.692. The lowest BCUT2D eigenvalue weighted by Crippen LogP contribution is -2.40. The summed E-state index contributed by atoms with van der Waals surface area (Å²) in [7, 11) is 2.87. The number of nitrogens with zero attached hydrogens (tertiary/aromatic N) is 2. The van der Waals surface area contributed by atoms with Gasteiger partial charge in [0.1, 0.15) is 12.4 Å². The van der Waals surface area contributed by atoms with E-state index in [-0.39, 0.29) is 10.9 Å². The average molecular weight is 463 g/mol. The van der Waals surface area contributed by atoms with Crippen LogP contribution in [-0.4, -0.2) is 29.3 Å². The van der Waals surface area contributed by atoms with Gasteiger partial charge in [-0.2, -0.15) is 0 Å². The van der Waals surface area contributed by atoms with E-state index in [0.717, 1.165) is 10.1 Å². The summed E-state index contributed by atoms with van der Waals surface area (Å²) in [5.41, 5.74) is 0.663. The number of amides is 1. The van der Waals surface area contributed by atoms with Crippen molar-refractivity contribution < 1.29 is 18.7 Å². The van der Waals surface area contributed by atoms with Crippen molar-refractivity contribution in [3.63, 3.8) is 0 Å². The molecular weight excluding hydrogens is 441 g/mol. The molecular formula is C25H22FN3O5. The Bertz CT molecular complexity index is 1490. The van der Waals surface area contributed by atoms with Crippen LogP contribution in [0.5, 0.6) is 11.5 Å². The molecule has 8 nitrogen and oxygen atoms in total. The molecule has 34 heavy (non-hydrogen) atoms. The molecule has 1 amide bonds. The molecule has 0 unspecified atom stereocenters. The van der Waals surface area contributed by atoms with E-state index in [1.807, 2.05) is 6.92 Å². The van der Waals surface area contributed by atoms with E-state index in [1.54, 1.807) is 24.3 Å². The van der Waals surface area contributed by atoms with Gasteiger partial charge in [-0.3, -0.25) is 14.2 Å². The van der Waals surface area contributed by atoms with Crippen molar-refractivity contribution in [1.82, 2.24) is 9.13 Å². The van der Waals surface area contributed by atoms with E-state index >= 15 is 0 Å². The second kappa shape index (κ2) is 9.22. The van der Waals surface area contributed by atoms with Crippen LogP contribution in [-0.2, 0) is 11.3 Å². The molecule has 4 aromatic rings. The second-order valence-corrected chi connectivity index (χ2v) is 7.62. The predicted octanol–water partition coefficient (Wildman–Crippen LogP) is 3.26. The summed E-state index contributed by atoms with van der Waals surface area (Å²) in [6, 6.07) is 15.1. The number of hydrogen-bond acceptors (Lipinski definition) is 5. The van der Waals surface area contributed by atoms with Gasteiger partial charge >= 0.3 is 5.69 Å². The molecule has 0 atom stereocenters. The van der Waals surface area contributed by atoms with Gasteiger partial charge in [-0.15, -0.1) is 0 Å². The van der Waals surface area contributed by atoms with Crippen LogP contribution in [0.4, 0.5) is 10.1 Å². The first kappa shape index (κ1) is 22.8. The number of halogens is 1. The van der Waals surface area contributed by atoms with Crippen LogP contribution in [0.2, 0.25) is 0 Å². The number of carbonyl (C=O) groups excluding carboxylic acids is 1. The van der Waals surface area contributed by atoms with Crippen molar-refractivity contribution in [2.75, 3.05) is 19.5 Å². The Balaban J connectivity index is 1.91. The number of carbonyl (C=O) groups is 1. The van der Waals surface area contributed by atoms with Gasteiger partial charge in [0.15, 0.2) is 11.5 Å². The summed E-state index contributed by atoms with van der Waals surface area (Å²) in [5.74, 6) is -0.358. The highest BCUT2D eigenvalue weighted by atomic mass is 19.1. The molecule has 1 N–H and O–H groups in total. The third-order valence-electron chi connectivity index (χ3n) is 5.37. The minimum Gasteiger partial charge on any atom is -0.493 e. The molecule has 4 rings (SSSR count). The fraction of sp³-hybridized carbons (Fsp3) is 0.160. The maximum absolute atomic E-state index is 13.5. The average Bonchev–Trinajstić information content (AvgIpc) is 2.83. The van der Waals surface area contributed by atoms with Crippen LogP contribution in [0.3, 0.4) is 0 Å². The fourth-order valence-electron chi connectivity index (χ4n) is 3.65. The topological polar surface area (TPSA) is 91.6 Å². The Hall–Kier alpha value is -4.40. The zero-order chi connectivity index (χ0) is 24.4. The van der Waals surface area contributed by atoms with Crippen molar-refractivity contribution in [2.24, 2.45) is 0 Å². The third-order valence-corrected chi connectivity index (χ3v) is 5.37. The van der Waals surface area contributed by atoms with E-state index in [9.17, 15) is 18.8 Å². The molecule has 0 bridgehead atoms. The summed E-state index contributed by atoms with van der Waals surface area (Å²) >= 11 is 0. The molecule has 0 fully saturated rings. The molecule has 174 valence electrons. The van der Waals surface area contributed by atoms with Gasteiger partial charge in [0.05, 0.1) is 30.8 Å². The van der Waals surface area contributed by atoms with Crippen molar-refractivity contribution in [3.8, 4) is 17.2 Å². The predicted molar refractivity (Wildman–Crippen MR) is 127 cm³/mol. The molecule has 9 heteroatoms. The van der Waals surface area contributed by atoms with Crippen LogP contribution < -0.4 is 26.0 Å². The second-order valence-electron chi connectivity index (χ2n) is 7.62. The number of ether oxygens (including phenoxy) is 2. The first-order valence-electron chi connectivity index (χ1n) is 10.4. The largest absolute Gasteiger partial charge is 0.493 e. The quantitative estimate of drug-likeness (QED) is 0.474. The van der Waals surface area contributed by atoms with E-state index < -0.39 is 29.5 Å². The van der Waals surface area contributed by atoms with Gasteiger partial charge in [0.2, 0.25) is 5.91 Å². The van der Waals surface area contributed by atoms with E-state index in [2.05, 4.69) is 5.32 Å². The number of methoxy groups -OCH3 is 2. The normalized spacial score (nSPS) is 10.8. The molecule has 0 saturated heterocycles. The lowest BCUT2D eigenvalue weighted by molar-refractivity contribution is -0.116. The lowest BCUT2D eigenvalue weighted by atomic mass is 10.2. The van der Waals surface area contributed by atoms with Gasteiger partial charge in [0, 0.05) is 11.8 Å². The van der Waals surface area contributed by atoms with E-state index in [0.29, 0.717) is 22.9 Å². The van der Waals surface area contributed by atoms with Crippen molar-refractivity contribution in [3.05, 3.63) is 92.9 Å². The minimum absolute atomic E-state index is 0.174. The van der Waals surface area contributed by atoms with Crippen LogP contribution in [0, 0.1) is 12.7 Å². The fourth-order valence-corrected chi connectivity index (χ4v) is 3.65. The number of nitrogens with one attached hydrogen (secondary N) is 1. The third kappa shape index (κ3) is 4.27. The molecule has 1 aromatic heterocycles. The first-order chi connectivity index (χ1) is 16.3. The Morgan fingerprint density at radius 3 is 2.18 bits per heavy atom. The van der Waals surface area contributed by atoms with Crippen molar-refractivity contribution in [1.29, 1.82) is 0 Å². The molecule has 0 radical (unpaired) electrons. The SMILES string of the molecule is COc1cc2c(=O)n(-c3ccc(C)cc3)c(=O)n(CC(=O)Nc3ccc(F)cc3)c2cc1OC. The number of hydrogen-bond donors (Lipinski definition) is 1. The summed E-state index contributed by atoms with van der Waals surface area (Å²) < 4.78 is 26.1. The van der Waals surface area contributed by atoms with E-state index in [4.69, 9.17) is 9.47 Å². The Labute approximate surface area is 193 Å². The number of aromatic nitrogens is 2. The van der Waals surface area contributed by atoms with Gasteiger partial charge < -0.3 is 14.8 Å². The molecule has 0 spiro atoms. The Morgan fingerprint density at radius 2 is 1.56 bits per heavy atom. The van der Waals surface area contributed by atoms with Crippen LogP contribution in [0.15, 0.2) is 70.3 Å². The number of fused-ring (bicyclic) bond motifs is 1. The molecule has 1 heterocycles. The Morgan fingerprint density at radius 1 is 0.941 bits per heavy atom. The zero-order valence-electron chi connectivity index (χ0n) is 18.8. The number of aryl methyl sites for hydroxylation is 1. The number of anilines is 1. The van der Waals surface area contributed by atoms with Crippen molar-refractivity contribution >= 4 is 22.5 Å². The number of rotatable bonds is 6. The highest BCUT2D eigenvalue weighted by Crippen LogP contribution is 2.30. The summed E-state index contributed by atoms with van der Waals surface area (Å²) in [4.78, 5) is 39.7. The summed E-state index contributed by atoms with van der Waals surface area (Å²) in [6.45, 7) is 1.50. The van der Waals surface area contributed by atoms with Crippen molar-refractivity contribution in [2.45, 2.75) is 13.5 Å². The van der Waals surface area contributed by atoms with Crippen LogP contribution in [0.25, 0.3) is 16.6 Å². The summed E-state index contributed by atoms with van der Waals surface area (Å²) in [5, 5.41) is 2.81. The lowest BCUT2D eigenvalue weighted by Gasteiger charge is -2.16. The number of benzene rings is 3. The van der Waals surface area contributed by atoms with Crippen LogP contribution in [0.1, 0.15) is 5.56 Å². The molecule has 0 aliphatic rings. The first-order valence-corrected chi connectivity index (χ1v) is 10.4. The molecule has 0 aliphatic carbocycles. The highest BCUT2D eigenvalue weighted by molar-refractivity contribution is 5.92. The standard InChI is InChI=1S/C25H22FN3O5/c1-15-4-10-18(11-5-15)29-24(31)19-12-21(33-2)22(34-3)13-20(19)28(25(29)32)14-23(30)27-17-8-6-16(26)7-9-17/h4-13H,14H2,1-3H3,(H,27,30). The van der Waals surface area contributed by atoms with E-state index in [1.165, 1.54) is 55.2 Å². The van der Waals surface area contributed by atoms with Gasteiger partial charge in [-0.25, -0.2) is 13.8 Å². The monoisotopic (exact) mass is 463 g/mol. The summed E-state index contributed by atoms with van der Waals surface area (Å²) in [6.07, 6.45) is 0. The molecule has 0 aliphatic heterocycles. The van der Waals surface area contributed by atoms with Gasteiger partial charge in [-0.05, 0) is 49.4 Å². The molecule has 0 saturated carbocycles. The maximum Gasteiger partial charge on any atom is 0.336 e. The smallest absolute Gasteiger partial charge is 0.336 e. The zero-order valence-corrected chi connectivity index (χ0v) is 18.8. The van der Waals surface area contributed by atoms with Crippen LogP contribution >= 0.6 is 0 Å². The Kier molecular flexibility index (Phi) is 6.18.